The van der Waals surface area contributed by atoms with E-state index in [2.05, 4.69) is 20.9 Å². The summed E-state index contributed by atoms with van der Waals surface area (Å²) in [6.07, 6.45) is 4.40. The summed E-state index contributed by atoms with van der Waals surface area (Å²) in [4.78, 5) is 17.1. The van der Waals surface area contributed by atoms with Crippen LogP contribution >= 0.6 is 0 Å². The Morgan fingerprint density at radius 2 is 1.83 bits per heavy atom. The molecule has 1 N–H and O–H groups in total. The van der Waals surface area contributed by atoms with Crippen molar-refractivity contribution in [2.45, 2.75) is 26.8 Å². The molecule has 0 spiro atoms. The molecular formula is C25H25N3O2. The number of imidazole rings is 1. The monoisotopic (exact) mass is 399 g/mol. The Kier molecular flexibility index (Phi) is 5.80. The first-order chi connectivity index (χ1) is 14.8. The summed E-state index contributed by atoms with van der Waals surface area (Å²) >= 11 is 0. The lowest BCUT2D eigenvalue weighted by atomic mass is 10.0. The van der Waals surface area contributed by atoms with Crippen molar-refractivity contribution < 1.29 is 9.53 Å². The largest absolute Gasteiger partial charge is 0.457 e. The summed E-state index contributed by atoms with van der Waals surface area (Å²) in [5, 5.41) is 4.93. The van der Waals surface area contributed by atoms with E-state index < -0.39 is 0 Å². The topological polar surface area (TPSA) is 56.2 Å². The second-order valence-corrected chi connectivity index (χ2v) is 6.96. The summed E-state index contributed by atoms with van der Waals surface area (Å²) in [6, 6.07) is 19.7. The molecule has 1 aromatic heterocycles. The number of benzene rings is 3. The zero-order chi connectivity index (χ0) is 20.9. The molecule has 4 aromatic rings. The molecule has 1 aliphatic rings. The van der Waals surface area contributed by atoms with Gasteiger partial charge in [0.05, 0.1) is 6.33 Å². The van der Waals surface area contributed by atoms with Gasteiger partial charge in [-0.2, -0.15) is 0 Å². The fourth-order valence-corrected chi connectivity index (χ4v) is 3.65. The van der Waals surface area contributed by atoms with E-state index in [4.69, 9.17) is 4.74 Å². The third kappa shape index (κ3) is 4.06. The van der Waals surface area contributed by atoms with E-state index in [9.17, 15) is 4.79 Å². The molecule has 1 amide bonds. The fourth-order valence-electron chi connectivity index (χ4n) is 3.65. The van der Waals surface area contributed by atoms with Gasteiger partial charge < -0.3 is 14.6 Å². The van der Waals surface area contributed by atoms with Crippen molar-refractivity contribution in [1.82, 2.24) is 14.9 Å². The van der Waals surface area contributed by atoms with Crippen LogP contribution in [0.25, 0.3) is 10.8 Å². The van der Waals surface area contributed by atoms with E-state index in [1.807, 2.05) is 81.0 Å². The zero-order valence-corrected chi connectivity index (χ0v) is 17.3. The Morgan fingerprint density at radius 1 is 1.00 bits per heavy atom. The highest BCUT2D eigenvalue weighted by Gasteiger charge is 2.12. The molecule has 30 heavy (non-hydrogen) atoms. The molecule has 5 rings (SSSR count). The molecule has 0 atom stereocenters. The van der Waals surface area contributed by atoms with Crippen LogP contribution in [-0.2, 0) is 13.0 Å². The Morgan fingerprint density at radius 3 is 2.73 bits per heavy atom. The molecule has 5 nitrogen and oxygen atoms in total. The standard InChI is InChI=1S/C23H19N3O2.C2H6/c27-23-21-6-2-4-17-7-8-20(12-22(17)21)28-19-5-1-3-16(11-19)14-26-15-24-13-18(26)9-10-25-23;1-2/h1-8,11-13,15H,9-10,14H2,(H,25,27);1-2H3. The Balaban J connectivity index is 0.00000106. The van der Waals surface area contributed by atoms with Crippen molar-refractivity contribution in [2.75, 3.05) is 6.54 Å². The minimum Gasteiger partial charge on any atom is -0.457 e. The van der Waals surface area contributed by atoms with E-state index in [0.29, 0.717) is 24.4 Å². The van der Waals surface area contributed by atoms with E-state index in [0.717, 1.165) is 34.2 Å². The van der Waals surface area contributed by atoms with Crippen LogP contribution < -0.4 is 10.1 Å². The number of aromatic nitrogens is 2. The van der Waals surface area contributed by atoms with Crippen LogP contribution in [0.1, 0.15) is 35.5 Å². The highest BCUT2D eigenvalue weighted by Crippen LogP contribution is 2.28. The molecule has 2 heterocycles. The average molecular weight is 399 g/mol. The number of nitrogens with zero attached hydrogens (tertiary/aromatic N) is 2. The van der Waals surface area contributed by atoms with Crippen molar-refractivity contribution in [1.29, 1.82) is 0 Å². The molecule has 0 saturated carbocycles. The van der Waals surface area contributed by atoms with Crippen LogP contribution in [0.4, 0.5) is 0 Å². The van der Waals surface area contributed by atoms with Gasteiger partial charge in [0, 0.05) is 37.0 Å². The smallest absolute Gasteiger partial charge is 0.251 e. The van der Waals surface area contributed by atoms with Gasteiger partial charge in [0.1, 0.15) is 11.5 Å². The maximum absolute atomic E-state index is 12.8. The number of carbonyl (C=O) groups is 1. The maximum Gasteiger partial charge on any atom is 0.251 e. The molecule has 5 heteroatoms. The number of ether oxygens (including phenoxy) is 1. The number of carbonyl (C=O) groups excluding carboxylic acids is 1. The summed E-state index contributed by atoms with van der Waals surface area (Å²) < 4.78 is 8.21. The second-order valence-electron chi connectivity index (χ2n) is 6.96. The van der Waals surface area contributed by atoms with Gasteiger partial charge in [-0.1, -0.05) is 44.2 Å². The zero-order valence-electron chi connectivity index (χ0n) is 17.3. The molecule has 0 radical (unpaired) electrons. The van der Waals surface area contributed by atoms with Gasteiger partial charge in [-0.3, -0.25) is 4.79 Å². The van der Waals surface area contributed by atoms with Gasteiger partial charge in [-0.15, -0.1) is 0 Å². The van der Waals surface area contributed by atoms with E-state index in [1.54, 1.807) is 0 Å². The Labute approximate surface area is 176 Å². The maximum atomic E-state index is 12.8. The summed E-state index contributed by atoms with van der Waals surface area (Å²) in [5.74, 6) is 1.41. The molecule has 0 aliphatic carbocycles. The minimum absolute atomic E-state index is 0.0794. The van der Waals surface area contributed by atoms with Gasteiger partial charge in [0.15, 0.2) is 0 Å². The lowest BCUT2D eigenvalue weighted by Gasteiger charge is -2.11. The molecule has 4 bridgehead atoms. The number of hydrogen-bond acceptors (Lipinski definition) is 3. The lowest BCUT2D eigenvalue weighted by Crippen LogP contribution is -2.26. The van der Waals surface area contributed by atoms with Crippen LogP contribution in [0.15, 0.2) is 73.2 Å². The van der Waals surface area contributed by atoms with Crippen LogP contribution in [-0.4, -0.2) is 22.0 Å². The fraction of sp³-hybridized carbons (Fsp3) is 0.200. The van der Waals surface area contributed by atoms with Gasteiger partial charge >= 0.3 is 0 Å². The molecule has 152 valence electrons. The first-order valence-electron chi connectivity index (χ1n) is 10.3. The molecule has 3 aromatic carbocycles. The Bertz CT molecular complexity index is 1180. The predicted molar refractivity (Wildman–Crippen MR) is 119 cm³/mol. The third-order valence-corrected chi connectivity index (χ3v) is 5.05. The van der Waals surface area contributed by atoms with Crippen LogP contribution in [0.2, 0.25) is 0 Å². The van der Waals surface area contributed by atoms with Gasteiger partial charge in [-0.25, -0.2) is 4.98 Å². The average Bonchev–Trinajstić information content (AvgIpc) is 3.21. The first-order valence-corrected chi connectivity index (χ1v) is 10.3. The molecule has 0 fully saturated rings. The predicted octanol–water partition coefficient (Wildman–Crippen LogP) is 5.19. The van der Waals surface area contributed by atoms with Gasteiger partial charge in [0.2, 0.25) is 0 Å². The van der Waals surface area contributed by atoms with Crippen LogP contribution in [0, 0.1) is 0 Å². The quantitative estimate of drug-likeness (QED) is 0.443. The Hall–Kier alpha value is -3.60. The van der Waals surface area contributed by atoms with Crippen LogP contribution in [0.5, 0.6) is 11.5 Å². The highest BCUT2D eigenvalue weighted by atomic mass is 16.5. The van der Waals surface area contributed by atoms with Gasteiger partial charge in [-0.05, 0) is 46.7 Å². The van der Waals surface area contributed by atoms with E-state index >= 15 is 0 Å². The van der Waals surface area contributed by atoms with Crippen molar-refractivity contribution >= 4 is 16.7 Å². The highest BCUT2D eigenvalue weighted by molar-refractivity contribution is 6.07. The SMILES string of the molecule is CC.O=C1NCCc2cncn2Cc2cccc(c2)Oc2ccc3cccc1c3c2. The van der Waals surface area contributed by atoms with Gasteiger partial charge in [0.25, 0.3) is 5.91 Å². The van der Waals surface area contributed by atoms with Crippen LogP contribution in [0.3, 0.4) is 0 Å². The number of hydrogen-bond donors (Lipinski definition) is 1. The van der Waals surface area contributed by atoms with Crippen molar-refractivity contribution in [3.63, 3.8) is 0 Å². The van der Waals surface area contributed by atoms with Crippen molar-refractivity contribution in [2.24, 2.45) is 0 Å². The van der Waals surface area contributed by atoms with E-state index in [-0.39, 0.29) is 5.91 Å². The van der Waals surface area contributed by atoms with E-state index in [1.165, 1.54) is 0 Å². The summed E-state index contributed by atoms with van der Waals surface area (Å²) in [7, 11) is 0. The number of rotatable bonds is 0. The lowest BCUT2D eigenvalue weighted by molar-refractivity contribution is 0.0955. The molecule has 0 unspecified atom stereocenters. The number of nitrogens with one attached hydrogen (secondary N) is 1. The second kappa shape index (κ2) is 8.82. The normalized spacial score (nSPS) is 13.2. The number of fused-ring (bicyclic) bond motifs is 4. The summed E-state index contributed by atoms with van der Waals surface area (Å²) in [5.41, 5.74) is 2.87. The number of amides is 1. The molecule has 0 saturated heterocycles. The van der Waals surface area contributed by atoms with Crippen molar-refractivity contribution in [3.8, 4) is 11.5 Å². The third-order valence-electron chi connectivity index (χ3n) is 5.05. The molecule has 1 aliphatic heterocycles. The molecular weight excluding hydrogens is 374 g/mol. The minimum atomic E-state index is -0.0794. The first kappa shape index (κ1) is 19.7. The van der Waals surface area contributed by atoms with Crippen molar-refractivity contribution in [3.05, 3.63) is 90.0 Å². The summed E-state index contributed by atoms with van der Waals surface area (Å²) in [6.45, 7) is 5.26.